The molecule has 1 saturated heterocycles. The van der Waals surface area contributed by atoms with Gasteiger partial charge in [-0.2, -0.15) is 0 Å². The fraction of sp³-hybridized carbons (Fsp3) is 0.778. The topological polar surface area (TPSA) is 102 Å². The maximum absolute atomic E-state index is 11.6. The van der Waals surface area contributed by atoms with Crippen molar-refractivity contribution in [3.05, 3.63) is 0 Å². The molecule has 0 spiro atoms. The number of rotatable bonds is 14. The number of amides is 3. The second kappa shape index (κ2) is 13.3. The molecule has 0 radical (unpaired) electrons. The SMILES string of the molecule is CCCCOCCNC(=O)CCCCCCC(=O)ON1C(=O)CCC1=O. The van der Waals surface area contributed by atoms with Crippen molar-refractivity contribution in [1.82, 2.24) is 10.4 Å². The predicted molar refractivity (Wildman–Crippen MR) is 93.6 cm³/mol. The van der Waals surface area contributed by atoms with Gasteiger partial charge in [-0.15, -0.1) is 5.06 Å². The number of hydroxylamine groups is 2. The van der Waals surface area contributed by atoms with Gasteiger partial charge >= 0.3 is 5.97 Å². The summed E-state index contributed by atoms with van der Waals surface area (Å²) in [5, 5.41) is 3.38. The Balaban J connectivity index is 1.93. The van der Waals surface area contributed by atoms with Crippen LogP contribution in [0.2, 0.25) is 0 Å². The molecule has 1 aliphatic rings. The Bertz CT molecular complexity index is 464. The van der Waals surface area contributed by atoms with E-state index in [1.807, 2.05) is 0 Å². The van der Waals surface area contributed by atoms with Crippen LogP contribution in [0.1, 0.15) is 71.1 Å². The quantitative estimate of drug-likeness (QED) is 0.370. The van der Waals surface area contributed by atoms with Crippen LogP contribution in [0.15, 0.2) is 0 Å². The summed E-state index contributed by atoms with van der Waals surface area (Å²) in [5.41, 5.74) is 0. The lowest BCUT2D eigenvalue weighted by molar-refractivity contribution is -0.197. The molecule has 3 amide bonds. The van der Waals surface area contributed by atoms with Crippen molar-refractivity contribution in [3.8, 4) is 0 Å². The van der Waals surface area contributed by atoms with E-state index in [1.54, 1.807) is 0 Å². The van der Waals surface area contributed by atoms with Gasteiger partial charge in [0.1, 0.15) is 0 Å². The van der Waals surface area contributed by atoms with Crippen LogP contribution >= 0.6 is 0 Å². The highest BCUT2D eigenvalue weighted by molar-refractivity contribution is 6.01. The van der Waals surface area contributed by atoms with E-state index in [0.717, 1.165) is 38.7 Å². The summed E-state index contributed by atoms with van der Waals surface area (Å²) >= 11 is 0. The van der Waals surface area contributed by atoms with E-state index in [4.69, 9.17) is 9.57 Å². The molecule has 8 nitrogen and oxygen atoms in total. The Morgan fingerprint density at radius 3 is 2.27 bits per heavy atom. The normalized spacial score (nSPS) is 14.0. The summed E-state index contributed by atoms with van der Waals surface area (Å²) in [5.74, 6) is -1.50. The van der Waals surface area contributed by atoms with Crippen LogP contribution in [-0.4, -0.2) is 48.5 Å². The Hall–Kier alpha value is -1.96. The minimum Gasteiger partial charge on any atom is -0.380 e. The smallest absolute Gasteiger partial charge is 0.333 e. The predicted octanol–water partition coefficient (Wildman–Crippen LogP) is 1.87. The zero-order chi connectivity index (χ0) is 19.2. The van der Waals surface area contributed by atoms with Crippen molar-refractivity contribution in [2.75, 3.05) is 19.8 Å². The average molecular weight is 370 g/mol. The minimum absolute atomic E-state index is 0.00885. The van der Waals surface area contributed by atoms with E-state index in [2.05, 4.69) is 12.2 Å². The lowest BCUT2D eigenvalue weighted by atomic mass is 10.1. The monoisotopic (exact) mass is 370 g/mol. The third kappa shape index (κ3) is 9.50. The third-order valence-corrected chi connectivity index (χ3v) is 3.94. The van der Waals surface area contributed by atoms with Crippen LogP contribution in [-0.2, 0) is 28.8 Å². The van der Waals surface area contributed by atoms with Gasteiger partial charge in [0.25, 0.3) is 11.8 Å². The maximum Gasteiger partial charge on any atom is 0.333 e. The highest BCUT2D eigenvalue weighted by Crippen LogP contribution is 2.13. The first kappa shape index (κ1) is 22.1. The van der Waals surface area contributed by atoms with Crippen LogP contribution in [0.5, 0.6) is 0 Å². The number of carbonyl (C=O) groups is 4. The van der Waals surface area contributed by atoms with Crippen LogP contribution in [0.3, 0.4) is 0 Å². The number of hydrogen-bond donors (Lipinski definition) is 1. The number of hydrogen-bond acceptors (Lipinski definition) is 6. The summed E-state index contributed by atoms with van der Waals surface area (Å²) in [6.45, 7) is 3.90. The molecule has 0 saturated carbocycles. The molecule has 0 aromatic heterocycles. The molecule has 1 aliphatic heterocycles. The van der Waals surface area contributed by atoms with E-state index in [9.17, 15) is 19.2 Å². The van der Waals surface area contributed by atoms with E-state index < -0.39 is 17.8 Å². The van der Waals surface area contributed by atoms with Gasteiger partial charge < -0.3 is 14.9 Å². The highest BCUT2D eigenvalue weighted by Gasteiger charge is 2.32. The van der Waals surface area contributed by atoms with E-state index in [0.29, 0.717) is 31.1 Å². The number of ether oxygens (including phenoxy) is 1. The number of unbranched alkanes of at least 4 members (excludes halogenated alkanes) is 4. The van der Waals surface area contributed by atoms with Crippen molar-refractivity contribution >= 4 is 23.7 Å². The lowest BCUT2D eigenvalue weighted by Crippen LogP contribution is -2.31. The summed E-state index contributed by atoms with van der Waals surface area (Å²) < 4.78 is 5.36. The zero-order valence-electron chi connectivity index (χ0n) is 15.6. The summed E-state index contributed by atoms with van der Waals surface area (Å²) in [6, 6.07) is 0. The summed E-state index contributed by atoms with van der Waals surface area (Å²) in [7, 11) is 0. The van der Waals surface area contributed by atoms with E-state index >= 15 is 0 Å². The Labute approximate surface area is 154 Å². The molecular formula is C18H30N2O6. The van der Waals surface area contributed by atoms with Crippen molar-refractivity contribution in [2.45, 2.75) is 71.1 Å². The molecule has 1 N–H and O–H groups in total. The zero-order valence-corrected chi connectivity index (χ0v) is 15.6. The molecule has 0 aliphatic carbocycles. The van der Waals surface area contributed by atoms with Crippen molar-refractivity contribution in [1.29, 1.82) is 0 Å². The molecule has 0 unspecified atom stereocenters. The first-order valence-corrected chi connectivity index (χ1v) is 9.45. The van der Waals surface area contributed by atoms with Gasteiger partial charge in [-0.1, -0.05) is 26.2 Å². The first-order chi connectivity index (χ1) is 12.5. The molecule has 1 heterocycles. The third-order valence-electron chi connectivity index (χ3n) is 3.94. The summed E-state index contributed by atoms with van der Waals surface area (Å²) in [4.78, 5) is 50.6. The molecule has 148 valence electrons. The van der Waals surface area contributed by atoms with Crippen molar-refractivity contribution in [3.63, 3.8) is 0 Å². The number of carbonyl (C=O) groups excluding carboxylic acids is 4. The van der Waals surface area contributed by atoms with Gasteiger partial charge in [-0.25, -0.2) is 4.79 Å². The number of imide groups is 1. The largest absolute Gasteiger partial charge is 0.380 e. The Kier molecular flexibility index (Phi) is 11.3. The summed E-state index contributed by atoms with van der Waals surface area (Å²) in [6.07, 6.45) is 5.89. The molecule has 0 aromatic rings. The Morgan fingerprint density at radius 2 is 1.62 bits per heavy atom. The first-order valence-electron chi connectivity index (χ1n) is 9.45. The van der Waals surface area contributed by atoms with Crippen molar-refractivity contribution < 1.29 is 28.8 Å². The van der Waals surface area contributed by atoms with Crippen LogP contribution < -0.4 is 5.32 Å². The molecule has 1 rings (SSSR count). The average Bonchev–Trinajstić information content (AvgIpc) is 2.93. The molecule has 0 bridgehead atoms. The van der Waals surface area contributed by atoms with Crippen LogP contribution in [0.4, 0.5) is 0 Å². The Morgan fingerprint density at radius 1 is 0.962 bits per heavy atom. The minimum atomic E-state index is -0.575. The van der Waals surface area contributed by atoms with Gasteiger partial charge in [-0.05, 0) is 19.3 Å². The van der Waals surface area contributed by atoms with Crippen molar-refractivity contribution in [2.24, 2.45) is 0 Å². The molecule has 26 heavy (non-hydrogen) atoms. The van der Waals surface area contributed by atoms with E-state index in [1.165, 1.54) is 0 Å². The number of nitrogens with zero attached hydrogens (tertiary/aromatic N) is 1. The molecule has 8 heteroatoms. The fourth-order valence-electron chi connectivity index (χ4n) is 2.41. The van der Waals surface area contributed by atoms with Gasteiger partial charge in [0, 0.05) is 38.8 Å². The van der Waals surface area contributed by atoms with E-state index in [-0.39, 0.29) is 25.2 Å². The fourth-order valence-corrected chi connectivity index (χ4v) is 2.41. The number of nitrogens with one attached hydrogen (secondary N) is 1. The standard InChI is InChI=1S/C18H30N2O6/c1-2-3-13-25-14-12-19-15(21)8-6-4-5-7-9-18(24)26-20-16(22)10-11-17(20)23/h2-14H2,1H3,(H,19,21). The molecular weight excluding hydrogens is 340 g/mol. The van der Waals surface area contributed by atoms with Gasteiger partial charge in [0.2, 0.25) is 5.91 Å². The second-order valence-corrected chi connectivity index (χ2v) is 6.28. The van der Waals surface area contributed by atoms with Gasteiger partial charge in [0.05, 0.1) is 6.61 Å². The van der Waals surface area contributed by atoms with Crippen LogP contribution in [0, 0.1) is 0 Å². The second-order valence-electron chi connectivity index (χ2n) is 6.28. The molecule has 0 atom stereocenters. The van der Waals surface area contributed by atoms with Crippen LogP contribution in [0.25, 0.3) is 0 Å². The maximum atomic E-state index is 11.6. The highest BCUT2D eigenvalue weighted by atomic mass is 16.7. The lowest BCUT2D eigenvalue weighted by Gasteiger charge is -2.12. The molecule has 1 fully saturated rings. The van der Waals surface area contributed by atoms with Gasteiger partial charge in [0.15, 0.2) is 0 Å². The molecule has 0 aromatic carbocycles. The van der Waals surface area contributed by atoms with Gasteiger partial charge in [-0.3, -0.25) is 14.4 Å².